The van der Waals surface area contributed by atoms with Crippen molar-refractivity contribution in [2.45, 2.75) is 46.0 Å². The Kier molecular flexibility index (Phi) is 7.27. The zero-order valence-corrected chi connectivity index (χ0v) is 8.81. The highest BCUT2D eigenvalue weighted by molar-refractivity contribution is 5.74. The van der Waals surface area contributed by atoms with Gasteiger partial charge in [0.25, 0.3) is 0 Å². The van der Waals surface area contributed by atoms with Crippen molar-refractivity contribution in [2.24, 2.45) is 0 Å². The number of aldehydes is 1. The molecule has 0 spiro atoms. The Labute approximate surface area is 81.5 Å². The topological polar surface area (TPSA) is 17.1 Å². The predicted octanol–water partition coefficient (Wildman–Crippen LogP) is 3.66. The van der Waals surface area contributed by atoms with Crippen molar-refractivity contribution in [3.05, 3.63) is 23.8 Å². The lowest BCUT2D eigenvalue weighted by molar-refractivity contribution is -0.105. The van der Waals surface area contributed by atoms with Crippen LogP contribution in [-0.2, 0) is 4.79 Å². The molecule has 0 unspecified atom stereocenters. The Bertz CT molecular complexity index is 189. The van der Waals surface area contributed by atoms with E-state index in [0.717, 1.165) is 44.0 Å². The van der Waals surface area contributed by atoms with Crippen molar-refractivity contribution in [1.29, 1.82) is 0 Å². The Hall–Kier alpha value is -0.850. The van der Waals surface area contributed by atoms with Crippen LogP contribution in [0.1, 0.15) is 46.0 Å². The van der Waals surface area contributed by atoms with Gasteiger partial charge in [-0.25, -0.2) is 0 Å². The summed E-state index contributed by atoms with van der Waals surface area (Å²) in [5.74, 6) is 0. The molecule has 0 aromatic rings. The predicted molar refractivity (Wildman–Crippen MR) is 57.7 cm³/mol. The van der Waals surface area contributed by atoms with Crippen molar-refractivity contribution in [2.75, 3.05) is 0 Å². The molecule has 0 aliphatic heterocycles. The number of hydrogen-bond acceptors (Lipinski definition) is 1. The maximum absolute atomic E-state index is 10.8. The molecule has 0 rings (SSSR count). The third kappa shape index (κ3) is 4.66. The van der Waals surface area contributed by atoms with E-state index in [4.69, 9.17) is 0 Å². The number of allylic oxidation sites excluding steroid dienone is 3. The number of rotatable bonds is 7. The third-order valence-electron chi connectivity index (χ3n) is 2.06. The summed E-state index contributed by atoms with van der Waals surface area (Å²) in [6.45, 7) is 7.94. The van der Waals surface area contributed by atoms with Gasteiger partial charge in [-0.1, -0.05) is 38.3 Å². The zero-order valence-electron chi connectivity index (χ0n) is 8.81. The SMILES string of the molecule is C=CC/C(CCC)=C(\C=O)CCC. The van der Waals surface area contributed by atoms with E-state index in [9.17, 15) is 4.79 Å². The summed E-state index contributed by atoms with van der Waals surface area (Å²) in [7, 11) is 0. The van der Waals surface area contributed by atoms with E-state index >= 15 is 0 Å². The molecule has 1 heteroatoms. The summed E-state index contributed by atoms with van der Waals surface area (Å²) in [4.78, 5) is 10.8. The van der Waals surface area contributed by atoms with Crippen molar-refractivity contribution in [3.8, 4) is 0 Å². The fourth-order valence-corrected chi connectivity index (χ4v) is 1.46. The van der Waals surface area contributed by atoms with Gasteiger partial charge in [-0.05, 0) is 24.8 Å². The summed E-state index contributed by atoms with van der Waals surface area (Å²) in [5, 5.41) is 0. The van der Waals surface area contributed by atoms with Gasteiger partial charge in [0.05, 0.1) is 0 Å². The summed E-state index contributed by atoms with van der Waals surface area (Å²) in [6.07, 6.45) is 7.83. The van der Waals surface area contributed by atoms with Crippen molar-refractivity contribution < 1.29 is 4.79 Å². The van der Waals surface area contributed by atoms with Gasteiger partial charge in [0.1, 0.15) is 6.29 Å². The molecule has 0 radical (unpaired) electrons. The second-order valence-corrected chi connectivity index (χ2v) is 3.24. The largest absolute Gasteiger partial charge is 0.298 e. The van der Waals surface area contributed by atoms with Crippen LogP contribution in [0.5, 0.6) is 0 Å². The fourth-order valence-electron chi connectivity index (χ4n) is 1.46. The molecular weight excluding hydrogens is 160 g/mol. The zero-order chi connectivity index (χ0) is 10.1. The Balaban J connectivity index is 4.53. The van der Waals surface area contributed by atoms with E-state index in [0.29, 0.717) is 0 Å². The second kappa shape index (κ2) is 7.78. The Morgan fingerprint density at radius 3 is 2.23 bits per heavy atom. The molecule has 0 saturated carbocycles. The van der Waals surface area contributed by atoms with Gasteiger partial charge >= 0.3 is 0 Å². The van der Waals surface area contributed by atoms with E-state index in [-0.39, 0.29) is 0 Å². The summed E-state index contributed by atoms with van der Waals surface area (Å²) < 4.78 is 0. The lowest BCUT2D eigenvalue weighted by Gasteiger charge is -2.07. The number of carbonyl (C=O) groups excluding carboxylic acids is 1. The van der Waals surface area contributed by atoms with E-state index in [1.54, 1.807) is 0 Å². The van der Waals surface area contributed by atoms with Crippen molar-refractivity contribution >= 4 is 6.29 Å². The second-order valence-electron chi connectivity index (χ2n) is 3.24. The number of hydrogen-bond donors (Lipinski definition) is 0. The fraction of sp³-hybridized carbons (Fsp3) is 0.583. The van der Waals surface area contributed by atoms with Gasteiger partial charge in [0, 0.05) is 0 Å². The van der Waals surface area contributed by atoms with E-state index in [1.165, 1.54) is 5.57 Å². The minimum absolute atomic E-state index is 0.863. The lowest BCUT2D eigenvalue weighted by Crippen LogP contribution is -1.93. The molecule has 13 heavy (non-hydrogen) atoms. The average Bonchev–Trinajstić information content (AvgIpc) is 2.14. The summed E-state index contributed by atoms with van der Waals surface area (Å²) in [5.41, 5.74) is 2.26. The molecule has 0 atom stereocenters. The molecule has 0 amide bonds. The maximum atomic E-state index is 10.8. The van der Waals surface area contributed by atoms with Crippen LogP contribution < -0.4 is 0 Å². The molecule has 0 heterocycles. The first-order valence-corrected chi connectivity index (χ1v) is 5.07. The first-order valence-electron chi connectivity index (χ1n) is 5.07. The molecule has 0 aliphatic carbocycles. The third-order valence-corrected chi connectivity index (χ3v) is 2.06. The number of carbonyl (C=O) groups is 1. The highest BCUT2D eigenvalue weighted by Gasteiger charge is 2.02. The average molecular weight is 180 g/mol. The first-order chi connectivity index (χ1) is 6.29. The van der Waals surface area contributed by atoms with Gasteiger partial charge < -0.3 is 0 Å². The molecule has 0 saturated heterocycles. The molecule has 0 N–H and O–H groups in total. The van der Waals surface area contributed by atoms with Crippen LogP contribution in [0.15, 0.2) is 23.8 Å². The van der Waals surface area contributed by atoms with Crippen molar-refractivity contribution in [3.63, 3.8) is 0 Å². The smallest absolute Gasteiger partial charge is 0.145 e. The maximum Gasteiger partial charge on any atom is 0.145 e. The van der Waals surface area contributed by atoms with E-state index in [1.807, 2.05) is 6.08 Å². The quantitative estimate of drug-likeness (QED) is 0.332. The molecule has 0 aromatic heterocycles. The molecule has 1 nitrogen and oxygen atoms in total. The highest BCUT2D eigenvalue weighted by atomic mass is 16.1. The van der Waals surface area contributed by atoms with Gasteiger partial charge in [-0.2, -0.15) is 0 Å². The molecule has 74 valence electrons. The van der Waals surface area contributed by atoms with Crippen LogP contribution in [0, 0.1) is 0 Å². The van der Waals surface area contributed by atoms with Gasteiger partial charge in [-0.3, -0.25) is 4.79 Å². The molecular formula is C12H20O. The molecule has 0 aromatic carbocycles. The normalized spacial score (nSPS) is 12.2. The van der Waals surface area contributed by atoms with Gasteiger partial charge in [0.15, 0.2) is 0 Å². The summed E-state index contributed by atoms with van der Waals surface area (Å²) in [6, 6.07) is 0. The van der Waals surface area contributed by atoms with Crippen LogP contribution in [0.4, 0.5) is 0 Å². The minimum atomic E-state index is 0.863. The monoisotopic (exact) mass is 180 g/mol. The highest BCUT2D eigenvalue weighted by Crippen LogP contribution is 2.18. The minimum Gasteiger partial charge on any atom is -0.298 e. The Morgan fingerprint density at radius 2 is 1.85 bits per heavy atom. The molecule has 0 bridgehead atoms. The van der Waals surface area contributed by atoms with Crippen LogP contribution in [-0.4, -0.2) is 6.29 Å². The van der Waals surface area contributed by atoms with Crippen LogP contribution in [0.2, 0.25) is 0 Å². The van der Waals surface area contributed by atoms with Crippen LogP contribution in [0.25, 0.3) is 0 Å². The standard InChI is InChI=1S/C12H20O/c1-4-7-11(8-5-2)12(10-13)9-6-3/h4,10H,1,5-9H2,2-3H3/b12-11+. The van der Waals surface area contributed by atoms with E-state index in [2.05, 4.69) is 20.4 Å². The van der Waals surface area contributed by atoms with Crippen molar-refractivity contribution in [1.82, 2.24) is 0 Å². The first kappa shape index (κ1) is 12.2. The Morgan fingerprint density at radius 1 is 1.23 bits per heavy atom. The van der Waals surface area contributed by atoms with Gasteiger partial charge in [0.2, 0.25) is 0 Å². The summed E-state index contributed by atoms with van der Waals surface area (Å²) >= 11 is 0. The van der Waals surface area contributed by atoms with Crippen LogP contribution >= 0.6 is 0 Å². The molecule has 0 fully saturated rings. The lowest BCUT2D eigenvalue weighted by atomic mass is 9.98. The molecule has 0 aliphatic rings. The van der Waals surface area contributed by atoms with Gasteiger partial charge in [-0.15, -0.1) is 6.58 Å². The van der Waals surface area contributed by atoms with E-state index < -0.39 is 0 Å². The van der Waals surface area contributed by atoms with Crippen LogP contribution in [0.3, 0.4) is 0 Å².